The highest BCUT2D eigenvalue weighted by molar-refractivity contribution is 5.88. The highest BCUT2D eigenvalue weighted by Crippen LogP contribution is 2.12. The van der Waals surface area contributed by atoms with Crippen LogP contribution in [0, 0.1) is 6.92 Å². The Bertz CT molecular complexity index is 390. The maximum absolute atomic E-state index is 10.8. The van der Waals surface area contributed by atoms with Crippen LogP contribution in [0.1, 0.15) is 29.9 Å². The Morgan fingerprint density at radius 3 is 2.65 bits per heavy atom. The standard InChI is InChI=1S/C12H17NO4/c1-8(2)16-6-7-17-11-5-4-10(12(14)15)9(3)13-11/h4-5,8H,6-7H2,1-3H3,(H,14,15). The van der Waals surface area contributed by atoms with Gasteiger partial charge >= 0.3 is 5.97 Å². The number of hydrogen-bond acceptors (Lipinski definition) is 4. The summed E-state index contributed by atoms with van der Waals surface area (Å²) in [5.74, 6) is -0.565. The van der Waals surface area contributed by atoms with Gasteiger partial charge in [-0.05, 0) is 26.8 Å². The second-order valence-corrected chi connectivity index (χ2v) is 3.86. The summed E-state index contributed by atoms with van der Waals surface area (Å²) in [6, 6.07) is 3.04. The molecule has 0 saturated carbocycles. The Balaban J connectivity index is 2.50. The third-order valence-corrected chi connectivity index (χ3v) is 2.08. The fourth-order valence-corrected chi connectivity index (χ4v) is 1.27. The molecule has 0 atom stereocenters. The van der Waals surface area contributed by atoms with Crippen molar-refractivity contribution in [2.24, 2.45) is 0 Å². The van der Waals surface area contributed by atoms with Crippen LogP contribution in [0.3, 0.4) is 0 Å². The van der Waals surface area contributed by atoms with E-state index < -0.39 is 5.97 Å². The fourth-order valence-electron chi connectivity index (χ4n) is 1.27. The number of carbonyl (C=O) groups is 1. The molecule has 1 aromatic rings. The highest BCUT2D eigenvalue weighted by atomic mass is 16.5. The van der Waals surface area contributed by atoms with Gasteiger partial charge in [0.15, 0.2) is 0 Å². The second kappa shape index (κ2) is 6.20. The number of pyridine rings is 1. The lowest BCUT2D eigenvalue weighted by atomic mass is 10.2. The van der Waals surface area contributed by atoms with E-state index >= 15 is 0 Å². The number of nitrogens with zero attached hydrogens (tertiary/aromatic N) is 1. The summed E-state index contributed by atoms with van der Waals surface area (Å²) in [4.78, 5) is 14.8. The zero-order valence-corrected chi connectivity index (χ0v) is 10.3. The van der Waals surface area contributed by atoms with Crippen molar-refractivity contribution in [2.45, 2.75) is 26.9 Å². The van der Waals surface area contributed by atoms with Crippen molar-refractivity contribution in [3.05, 3.63) is 23.4 Å². The molecule has 1 aromatic heterocycles. The molecule has 0 saturated heterocycles. The molecular weight excluding hydrogens is 222 g/mol. The molecule has 1 rings (SSSR count). The lowest BCUT2D eigenvalue weighted by molar-refractivity contribution is 0.0541. The first-order valence-corrected chi connectivity index (χ1v) is 5.46. The first kappa shape index (κ1) is 13.4. The summed E-state index contributed by atoms with van der Waals surface area (Å²) >= 11 is 0. The number of carboxylic acids is 1. The summed E-state index contributed by atoms with van der Waals surface area (Å²) in [5, 5.41) is 8.83. The van der Waals surface area contributed by atoms with Crippen molar-refractivity contribution >= 4 is 5.97 Å². The maximum atomic E-state index is 10.8. The molecule has 0 fully saturated rings. The van der Waals surface area contributed by atoms with Gasteiger partial charge in [0.05, 0.1) is 24.0 Å². The normalized spacial score (nSPS) is 10.6. The number of hydrogen-bond donors (Lipinski definition) is 1. The van der Waals surface area contributed by atoms with E-state index in [1.807, 2.05) is 13.8 Å². The number of ether oxygens (including phenoxy) is 2. The minimum atomic E-state index is -0.982. The van der Waals surface area contributed by atoms with Gasteiger partial charge in [0.25, 0.3) is 0 Å². The highest BCUT2D eigenvalue weighted by Gasteiger charge is 2.08. The lowest BCUT2D eigenvalue weighted by Gasteiger charge is -2.09. The smallest absolute Gasteiger partial charge is 0.337 e. The molecule has 0 unspecified atom stereocenters. The number of rotatable bonds is 6. The third kappa shape index (κ3) is 4.40. The van der Waals surface area contributed by atoms with Gasteiger partial charge in [0, 0.05) is 6.07 Å². The molecule has 0 aromatic carbocycles. The largest absolute Gasteiger partial charge is 0.478 e. The van der Waals surface area contributed by atoms with Crippen LogP contribution in [0.4, 0.5) is 0 Å². The Labute approximate surface area is 100 Å². The monoisotopic (exact) mass is 239 g/mol. The van der Waals surface area contributed by atoms with E-state index in [0.717, 1.165) is 0 Å². The molecule has 5 nitrogen and oxygen atoms in total. The van der Waals surface area contributed by atoms with E-state index in [-0.39, 0.29) is 11.7 Å². The molecule has 17 heavy (non-hydrogen) atoms. The number of aromatic nitrogens is 1. The molecule has 94 valence electrons. The van der Waals surface area contributed by atoms with Gasteiger partial charge < -0.3 is 14.6 Å². The third-order valence-electron chi connectivity index (χ3n) is 2.08. The molecule has 0 bridgehead atoms. The summed E-state index contributed by atoms with van der Waals surface area (Å²) in [6.45, 7) is 6.42. The molecule has 1 heterocycles. The van der Waals surface area contributed by atoms with Crippen LogP contribution in [0.2, 0.25) is 0 Å². The summed E-state index contributed by atoms with van der Waals surface area (Å²) in [5.41, 5.74) is 0.635. The minimum absolute atomic E-state index is 0.169. The quantitative estimate of drug-likeness (QED) is 0.768. The van der Waals surface area contributed by atoms with Crippen molar-refractivity contribution in [2.75, 3.05) is 13.2 Å². The maximum Gasteiger partial charge on any atom is 0.337 e. The van der Waals surface area contributed by atoms with E-state index in [0.29, 0.717) is 24.8 Å². The Kier molecular flexibility index (Phi) is 4.90. The predicted octanol–water partition coefficient (Wildman–Crippen LogP) is 1.89. The van der Waals surface area contributed by atoms with Gasteiger partial charge in [-0.15, -0.1) is 0 Å². The molecule has 0 aliphatic carbocycles. The summed E-state index contributed by atoms with van der Waals surface area (Å²) in [7, 11) is 0. The number of aromatic carboxylic acids is 1. The molecule has 0 aliphatic heterocycles. The molecule has 5 heteroatoms. The molecular formula is C12H17NO4. The van der Waals surface area contributed by atoms with Crippen LogP contribution in [-0.2, 0) is 4.74 Å². The van der Waals surface area contributed by atoms with Crippen molar-refractivity contribution in [3.8, 4) is 5.88 Å². The minimum Gasteiger partial charge on any atom is -0.478 e. The molecule has 0 aliphatic rings. The van der Waals surface area contributed by atoms with E-state index in [1.165, 1.54) is 6.07 Å². The Morgan fingerprint density at radius 2 is 2.12 bits per heavy atom. The van der Waals surface area contributed by atoms with Gasteiger partial charge in [-0.2, -0.15) is 0 Å². The van der Waals surface area contributed by atoms with Crippen LogP contribution >= 0.6 is 0 Å². The van der Waals surface area contributed by atoms with Crippen LogP contribution < -0.4 is 4.74 Å². The molecule has 0 amide bonds. The Morgan fingerprint density at radius 1 is 1.41 bits per heavy atom. The van der Waals surface area contributed by atoms with Crippen molar-refractivity contribution in [3.63, 3.8) is 0 Å². The average molecular weight is 239 g/mol. The van der Waals surface area contributed by atoms with Crippen LogP contribution in [0.15, 0.2) is 12.1 Å². The lowest BCUT2D eigenvalue weighted by Crippen LogP contribution is -2.12. The van der Waals surface area contributed by atoms with Gasteiger partial charge in [-0.3, -0.25) is 0 Å². The van der Waals surface area contributed by atoms with Gasteiger partial charge in [-0.25, -0.2) is 9.78 Å². The predicted molar refractivity (Wildman–Crippen MR) is 62.5 cm³/mol. The average Bonchev–Trinajstić information content (AvgIpc) is 2.23. The second-order valence-electron chi connectivity index (χ2n) is 3.86. The summed E-state index contributed by atoms with van der Waals surface area (Å²) < 4.78 is 10.7. The SMILES string of the molecule is Cc1nc(OCCOC(C)C)ccc1C(=O)O. The molecule has 1 N–H and O–H groups in total. The van der Waals surface area contributed by atoms with Gasteiger partial charge in [-0.1, -0.05) is 0 Å². The zero-order valence-electron chi connectivity index (χ0n) is 10.3. The summed E-state index contributed by atoms with van der Waals surface area (Å²) in [6.07, 6.45) is 0.169. The van der Waals surface area contributed by atoms with E-state index in [4.69, 9.17) is 14.6 Å². The van der Waals surface area contributed by atoms with Crippen molar-refractivity contribution < 1.29 is 19.4 Å². The van der Waals surface area contributed by atoms with E-state index in [1.54, 1.807) is 13.0 Å². The van der Waals surface area contributed by atoms with E-state index in [9.17, 15) is 4.79 Å². The Hall–Kier alpha value is -1.62. The topological polar surface area (TPSA) is 68.7 Å². The van der Waals surface area contributed by atoms with Crippen LogP contribution in [-0.4, -0.2) is 35.4 Å². The van der Waals surface area contributed by atoms with Crippen molar-refractivity contribution in [1.82, 2.24) is 4.98 Å². The molecule has 0 spiro atoms. The number of aryl methyl sites for hydroxylation is 1. The van der Waals surface area contributed by atoms with Crippen LogP contribution in [0.5, 0.6) is 5.88 Å². The molecule has 0 radical (unpaired) electrons. The van der Waals surface area contributed by atoms with Gasteiger partial charge in [0.2, 0.25) is 5.88 Å². The first-order chi connectivity index (χ1) is 8.00. The first-order valence-electron chi connectivity index (χ1n) is 5.46. The van der Waals surface area contributed by atoms with Crippen LogP contribution in [0.25, 0.3) is 0 Å². The van der Waals surface area contributed by atoms with Crippen molar-refractivity contribution in [1.29, 1.82) is 0 Å². The fraction of sp³-hybridized carbons (Fsp3) is 0.500. The van der Waals surface area contributed by atoms with E-state index in [2.05, 4.69) is 4.98 Å². The zero-order chi connectivity index (χ0) is 12.8. The van der Waals surface area contributed by atoms with Gasteiger partial charge in [0.1, 0.15) is 6.61 Å². The number of carboxylic acid groups (broad SMARTS) is 1.